The molecule has 0 fully saturated rings. The van der Waals surface area contributed by atoms with Gasteiger partial charge in [-0.1, -0.05) is 23.9 Å². The van der Waals surface area contributed by atoms with Crippen LogP contribution in [0.4, 0.5) is 5.69 Å². The first-order valence-electron chi connectivity index (χ1n) is 8.16. The molecule has 0 bridgehead atoms. The molecule has 6 nitrogen and oxygen atoms in total. The molecule has 0 saturated carbocycles. The van der Waals surface area contributed by atoms with Crippen molar-refractivity contribution in [1.82, 2.24) is 9.97 Å². The lowest BCUT2D eigenvalue weighted by atomic mass is 10.2. The number of esters is 1. The van der Waals surface area contributed by atoms with Gasteiger partial charge in [-0.15, -0.1) is 11.8 Å². The zero-order chi connectivity index (χ0) is 18.5. The van der Waals surface area contributed by atoms with Crippen molar-refractivity contribution in [1.29, 1.82) is 0 Å². The van der Waals surface area contributed by atoms with E-state index in [1.807, 2.05) is 44.2 Å². The summed E-state index contributed by atoms with van der Waals surface area (Å²) in [4.78, 5) is 35.7. The molecule has 1 aliphatic heterocycles. The highest BCUT2D eigenvalue weighted by molar-refractivity contribution is 7.99. The second-order valence-electron chi connectivity index (χ2n) is 5.74. The third kappa shape index (κ3) is 4.76. The van der Waals surface area contributed by atoms with Crippen LogP contribution in [0.25, 0.3) is 0 Å². The maximum atomic E-state index is 12.4. The lowest BCUT2D eigenvalue weighted by Crippen LogP contribution is -2.38. The molecule has 0 aliphatic carbocycles. The van der Waals surface area contributed by atoms with Crippen molar-refractivity contribution in [3.8, 4) is 0 Å². The van der Waals surface area contributed by atoms with Crippen molar-refractivity contribution >= 4 is 41.1 Å². The second-order valence-corrected chi connectivity index (χ2v) is 7.82. The number of anilines is 1. The number of carbonyl (C=O) groups is 2. The van der Waals surface area contributed by atoms with Crippen molar-refractivity contribution in [3.05, 3.63) is 41.7 Å². The number of amides is 1. The maximum Gasteiger partial charge on any atom is 0.316 e. The first kappa shape index (κ1) is 18.7. The molecule has 1 aliphatic rings. The largest absolute Gasteiger partial charge is 0.455 e. The fraction of sp³-hybridized carbons (Fsp3) is 0.333. The number of para-hydroxylation sites is 1. The molecule has 0 N–H and O–H groups in total. The van der Waals surface area contributed by atoms with Crippen LogP contribution in [0.15, 0.2) is 40.4 Å². The Labute approximate surface area is 160 Å². The van der Waals surface area contributed by atoms with E-state index in [9.17, 15) is 9.59 Å². The molecule has 8 heteroatoms. The number of carbonyl (C=O) groups excluding carboxylic acids is 2. The molecule has 3 rings (SSSR count). The van der Waals surface area contributed by atoms with Gasteiger partial charge in [-0.05, 0) is 32.0 Å². The van der Waals surface area contributed by atoms with Crippen molar-refractivity contribution in [3.63, 3.8) is 0 Å². The number of rotatable bonds is 5. The summed E-state index contributed by atoms with van der Waals surface area (Å²) >= 11 is 2.93. The summed E-state index contributed by atoms with van der Waals surface area (Å²) in [5.74, 6) is 0.240. The fourth-order valence-electron chi connectivity index (χ4n) is 2.57. The SMILES string of the molecule is Cc1cc(C)nc(SCC(=O)OCC(=O)N2CCSc3ccccc32)n1. The van der Waals surface area contributed by atoms with E-state index in [-0.39, 0.29) is 18.3 Å². The van der Waals surface area contributed by atoms with Gasteiger partial charge in [0.1, 0.15) is 0 Å². The molecule has 136 valence electrons. The molecule has 0 radical (unpaired) electrons. The van der Waals surface area contributed by atoms with Gasteiger partial charge in [0, 0.05) is 28.6 Å². The standard InChI is InChI=1S/C18H19N3O3S2/c1-12-9-13(2)20-18(19-12)26-11-17(23)24-10-16(22)21-7-8-25-15-6-4-3-5-14(15)21/h3-6,9H,7-8,10-11H2,1-2H3. The van der Waals surface area contributed by atoms with E-state index in [4.69, 9.17) is 4.74 Å². The Morgan fingerprint density at radius 1 is 1.23 bits per heavy atom. The zero-order valence-electron chi connectivity index (χ0n) is 14.6. The van der Waals surface area contributed by atoms with Gasteiger partial charge in [-0.3, -0.25) is 9.59 Å². The Kier molecular flexibility index (Phi) is 6.16. The minimum Gasteiger partial charge on any atom is -0.455 e. The smallest absolute Gasteiger partial charge is 0.316 e. The predicted molar refractivity (Wildman–Crippen MR) is 103 cm³/mol. The summed E-state index contributed by atoms with van der Waals surface area (Å²) in [6.45, 7) is 4.12. The Morgan fingerprint density at radius 3 is 2.73 bits per heavy atom. The van der Waals surface area contributed by atoms with Gasteiger partial charge >= 0.3 is 5.97 Å². The maximum absolute atomic E-state index is 12.4. The molecule has 0 unspecified atom stereocenters. The number of thioether (sulfide) groups is 2. The Balaban J connectivity index is 1.51. The molecule has 0 atom stereocenters. The number of aryl methyl sites for hydroxylation is 2. The average Bonchev–Trinajstić information content (AvgIpc) is 2.63. The van der Waals surface area contributed by atoms with Gasteiger partial charge in [-0.25, -0.2) is 9.97 Å². The molecule has 2 heterocycles. The van der Waals surface area contributed by atoms with Crippen LogP contribution in [-0.4, -0.2) is 46.5 Å². The van der Waals surface area contributed by atoms with E-state index < -0.39 is 5.97 Å². The average molecular weight is 390 g/mol. The summed E-state index contributed by atoms with van der Waals surface area (Å²) in [6, 6.07) is 9.62. The van der Waals surface area contributed by atoms with E-state index in [1.54, 1.807) is 16.7 Å². The highest BCUT2D eigenvalue weighted by Crippen LogP contribution is 2.34. The van der Waals surface area contributed by atoms with Crippen LogP contribution in [0.2, 0.25) is 0 Å². The minimum absolute atomic E-state index is 0.0720. The van der Waals surface area contributed by atoms with Crippen LogP contribution in [0.3, 0.4) is 0 Å². The first-order valence-corrected chi connectivity index (χ1v) is 10.1. The molecule has 0 spiro atoms. The zero-order valence-corrected chi connectivity index (χ0v) is 16.2. The summed E-state index contributed by atoms with van der Waals surface area (Å²) in [5.41, 5.74) is 2.58. The van der Waals surface area contributed by atoms with Crippen LogP contribution in [0, 0.1) is 13.8 Å². The number of hydrogen-bond acceptors (Lipinski definition) is 7. The van der Waals surface area contributed by atoms with Crippen LogP contribution in [0.1, 0.15) is 11.4 Å². The van der Waals surface area contributed by atoms with E-state index in [0.717, 1.165) is 27.7 Å². The third-order valence-electron chi connectivity index (χ3n) is 3.67. The Bertz CT molecular complexity index is 809. The molecule has 2 aromatic rings. The number of hydrogen-bond donors (Lipinski definition) is 0. The third-order valence-corrected chi connectivity index (χ3v) is 5.53. The van der Waals surface area contributed by atoms with Crippen LogP contribution >= 0.6 is 23.5 Å². The van der Waals surface area contributed by atoms with Gasteiger partial charge in [0.2, 0.25) is 0 Å². The van der Waals surface area contributed by atoms with Gasteiger partial charge in [0.05, 0.1) is 11.4 Å². The number of benzene rings is 1. The van der Waals surface area contributed by atoms with Crippen LogP contribution in [-0.2, 0) is 14.3 Å². The van der Waals surface area contributed by atoms with Crippen molar-refractivity contribution in [2.45, 2.75) is 23.9 Å². The number of ether oxygens (including phenoxy) is 1. The highest BCUT2D eigenvalue weighted by atomic mass is 32.2. The minimum atomic E-state index is -0.453. The van der Waals surface area contributed by atoms with Gasteiger partial charge in [-0.2, -0.15) is 0 Å². The molecular formula is C18H19N3O3S2. The first-order chi connectivity index (χ1) is 12.5. The summed E-state index contributed by atoms with van der Waals surface area (Å²) < 4.78 is 5.14. The Hall–Kier alpha value is -2.06. The number of aromatic nitrogens is 2. The molecule has 0 saturated heterocycles. The summed E-state index contributed by atoms with van der Waals surface area (Å²) in [7, 11) is 0. The molecule has 26 heavy (non-hydrogen) atoms. The number of nitrogens with zero attached hydrogens (tertiary/aromatic N) is 3. The topological polar surface area (TPSA) is 72.4 Å². The van der Waals surface area contributed by atoms with Crippen molar-refractivity contribution in [2.24, 2.45) is 0 Å². The van der Waals surface area contributed by atoms with Crippen LogP contribution in [0.5, 0.6) is 0 Å². The Morgan fingerprint density at radius 2 is 1.96 bits per heavy atom. The summed E-state index contributed by atoms with van der Waals surface area (Å²) in [5, 5.41) is 0.535. The lowest BCUT2D eigenvalue weighted by Gasteiger charge is -2.28. The molecule has 1 aromatic heterocycles. The van der Waals surface area contributed by atoms with E-state index in [2.05, 4.69) is 9.97 Å². The lowest BCUT2D eigenvalue weighted by molar-refractivity contribution is -0.145. The van der Waals surface area contributed by atoms with E-state index >= 15 is 0 Å². The van der Waals surface area contributed by atoms with Crippen molar-refractivity contribution in [2.75, 3.05) is 29.6 Å². The normalized spacial score (nSPS) is 13.2. The molecule has 1 aromatic carbocycles. The molecular weight excluding hydrogens is 370 g/mol. The van der Waals surface area contributed by atoms with Gasteiger partial charge < -0.3 is 9.64 Å². The van der Waals surface area contributed by atoms with Gasteiger partial charge in [0.15, 0.2) is 11.8 Å². The quantitative estimate of drug-likeness (QED) is 0.442. The van der Waals surface area contributed by atoms with Crippen LogP contribution < -0.4 is 4.90 Å². The van der Waals surface area contributed by atoms with E-state index in [1.165, 1.54) is 11.8 Å². The van der Waals surface area contributed by atoms with Gasteiger partial charge in [0.25, 0.3) is 5.91 Å². The fourth-order valence-corrected chi connectivity index (χ4v) is 4.31. The van der Waals surface area contributed by atoms with Crippen molar-refractivity contribution < 1.29 is 14.3 Å². The molecule has 1 amide bonds. The van der Waals surface area contributed by atoms with E-state index in [0.29, 0.717) is 11.7 Å². The monoisotopic (exact) mass is 389 g/mol. The highest BCUT2D eigenvalue weighted by Gasteiger charge is 2.23. The second kappa shape index (κ2) is 8.55. The number of fused-ring (bicyclic) bond motifs is 1. The predicted octanol–water partition coefficient (Wildman–Crippen LogP) is 2.87. The summed E-state index contributed by atoms with van der Waals surface area (Å²) in [6.07, 6.45) is 0.